The number of methoxy groups -OCH3 is 1. The van der Waals surface area contributed by atoms with Crippen molar-refractivity contribution in [2.45, 2.75) is 40.7 Å². The highest BCUT2D eigenvalue weighted by atomic mass is 16.5. The summed E-state index contributed by atoms with van der Waals surface area (Å²) in [6.45, 7) is 8.65. The number of pyridine rings is 1. The Hall–Kier alpha value is -2.40. The summed E-state index contributed by atoms with van der Waals surface area (Å²) in [4.78, 5) is 19.1. The van der Waals surface area contributed by atoms with Gasteiger partial charge in [-0.1, -0.05) is 33.8 Å². The van der Waals surface area contributed by atoms with E-state index in [1.165, 1.54) is 11.1 Å². The van der Waals surface area contributed by atoms with Crippen LogP contribution in [0.1, 0.15) is 38.8 Å². The van der Waals surface area contributed by atoms with Crippen LogP contribution in [-0.2, 0) is 17.8 Å². The number of amides is 1. The SMILES string of the molecule is CCc1cc(-c2cccc(NC(=O)C(C)(C)C)n2)c(OC)cc1CN(C)C. The number of carbonyl (C=O) groups excluding carboxylic acids is 1. The Labute approximate surface area is 162 Å². The second-order valence-electron chi connectivity index (χ2n) is 8.02. The van der Waals surface area contributed by atoms with Crippen LogP contribution in [0.15, 0.2) is 30.3 Å². The third-order valence-corrected chi connectivity index (χ3v) is 4.34. The molecule has 1 aromatic carbocycles. The molecule has 0 saturated heterocycles. The lowest BCUT2D eigenvalue weighted by Gasteiger charge is -2.19. The largest absolute Gasteiger partial charge is 0.496 e. The van der Waals surface area contributed by atoms with Crippen molar-refractivity contribution in [2.75, 3.05) is 26.5 Å². The minimum atomic E-state index is -0.474. The van der Waals surface area contributed by atoms with E-state index in [-0.39, 0.29) is 5.91 Å². The number of anilines is 1. The molecule has 0 saturated carbocycles. The summed E-state index contributed by atoms with van der Waals surface area (Å²) in [5, 5.41) is 2.90. The third kappa shape index (κ3) is 5.30. The van der Waals surface area contributed by atoms with E-state index in [1.807, 2.05) is 32.9 Å². The molecule has 1 heterocycles. The minimum absolute atomic E-state index is 0.0605. The molecule has 1 amide bonds. The molecule has 2 aromatic rings. The predicted octanol–water partition coefficient (Wildman–Crippen LogP) is 4.37. The smallest absolute Gasteiger partial charge is 0.230 e. The molecule has 0 bridgehead atoms. The number of hydrogen-bond donors (Lipinski definition) is 1. The van der Waals surface area contributed by atoms with E-state index in [9.17, 15) is 4.79 Å². The molecule has 0 unspecified atom stereocenters. The van der Waals surface area contributed by atoms with Crippen molar-refractivity contribution in [3.63, 3.8) is 0 Å². The van der Waals surface area contributed by atoms with E-state index in [1.54, 1.807) is 13.2 Å². The molecular weight excluding hydrogens is 338 g/mol. The number of aromatic nitrogens is 1. The second kappa shape index (κ2) is 8.53. The molecule has 5 nitrogen and oxygen atoms in total. The lowest BCUT2D eigenvalue weighted by molar-refractivity contribution is -0.123. The van der Waals surface area contributed by atoms with Gasteiger partial charge in [-0.3, -0.25) is 4.79 Å². The van der Waals surface area contributed by atoms with Gasteiger partial charge in [-0.2, -0.15) is 0 Å². The number of hydrogen-bond acceptors (Lipinski definition) is 4. The van der Waals surface area contributed by atoms with Gasteiger partial charge in [-0.05, 0) is 55.9 Å². The van der Waals surface area contributed by atoms with E-state index in [0.717, 1.165) is 30.0 Å². The van der Waals surface area contributed by atoms with Crippen molar-refractivity contribution < 1.29 is 9.53 Å². The molecule has 0 aliphatic heterocycles. The van der Waals surface area contributed by atoms with Crippen molar-refractivity contribution in [1.29, 1.82) is 0 Å². The van der Waals surface area contributed by atoms with Gasteiger partial charge in [0.1, 0.15) is 11.6 Å². The third-order valence-electron chi connectivity index (χ3n) is 4.34. The number of benzene rings is 1. The fourth-order valence-corrected chi connectivity index (χ4v) is 2.81. The Morgan fingerprint density at radius 2 is 1.89 bits per heavy atom. The highest BCUT2D eigenvalue weighted by Gasteiger charge is 2.22. The number of rotatable bonds is 6. The molecule has 0 fully saturated rings. The molecular formula is C22H31N3O2. The number of aryl methyl sites for hydroxylation is 1. The Bertz CT molecular complexity index is 808. The second-order valence-corrected chi connectivity index (χ2v) is 8.02. The van der Waals surface area contributed by atoms with Gasteiger partial charge in [0.25, 0.3) is 0 Å². The Morgan fingerprint density at radius 3 is 2.44 bits per heavy atom. The van der Waals surface area contributed by atoms with Crippen LogP contribution in [0.4, 0.5) is 5.82 Å². The first-order valence-electron chi connectivity index (χ1n) is 9.29. The molecule has 0 spiro atoms. The molecule has 0 aliphatic carbocycles. The summed E-state index contributed by atoms with van der Waals surface area (Å²) in [6.07, 6.45) is 0.931. The number of nitrogens with zero attached hydrogens (tertiary/aromatic N) is 2. The van der Waals surface area contributed by atoms with Crippen molar-refractivity contribution in [3.8, 4) is 17.0 Å². The summed E-state index contributed by atoms with van der Waals surface area (Å²) >= 11 is 0. The summed E-state index contributed by atoms with van der Waals surface area (Å²) in [5.74, 6) is 1.27. The molecule has 0 atom stereocenters. The van der Waals surface area contributed by atoms with Crippen LogP contribution in [0.2, 0.25) is 0 Å². The van der Waals surface area contributed by atoms with Gasteiger partial charge in [-0.25, -0.2) is 4.98 Å². The van der Waals surface area contributed by atoms with Crippen molar-refractivity contribution in [3.05, 3.63) is 41.5 Å². The number of nitrogens with one attached hydrogen (secondary N) is 1. The van der Waals surface area contributed by atoms with Gasteiger partial charge in [0.2, 0.25) is 5.91 Å². The molecule has 1 aromatic heterocycles. The lowest BCUT2D eigenvalue weighted by atomic mass is 9.96. The molecule has 27 heavy (non-hydrogen) atoms. The molecule has 0 radical (unpaired) electrons. The van der Waals surface area contributed by atoms with E-state index in [4.69, 9.17) is 4.74 Å². The van der Waals surface area contributed by atoms with Gasteiger partial charge in [0, 0.05) is 17.5 Å². The maximum absolute atomic E-state index is 12.3. The van der Waals surface area contributed by atoms with Crippen LogP contribution in [-0.4, -0.2) is 37.0 Å². The fraction of sp³-hybridized carbons (Fsp3) is 0.455. The zero-order valence-corrected chi connectivity index (χ0v) is 17.5. The zero-order valence-electron chi connectivity index (χ0n) is 17.5. The van der Waals surface area contributed by atoms with Crippen LogP contribution < -0.4 is 10.1 Å². The average molecular weight is 370 g/mol. The van der Waals surface area contributed by atoms with E-state index < -0.39 is 5.41 Å². The lowest BCUT2D eigenvalue weighted by Crippen LogP contribution is -2.28. The van der Waals surface area contributed by atoms with Gasteiger partial charge in [0.15, 0.2) is 0 Å². The van der Waals surface area contributed by atoms with Crippen LogP contribution in [0.5, 0.6) is 5.75 Å². The average Bonchev–Trinajstić information content (AvgIpc) is 2.60. The molecule has 1 N–H and O–H groups in total. The highest BCUT2D eigenvalue weighted by Crippen LogP contribution is 2.33. The van der Waals surface area contributed by atoms with Gasteiger partial charge in [-0.15, -0.1) is 0 Å². The Morgan fingerprint density at radius 1 is 1.19 bits per heavy atom. The van der Waals surface area contributed by atoms with Gasteiger partial charge >= 0.3 is 0 Å². The van der Waals surface area contributed by atoms with Gasteiger partial charge in [0.05, 0.1) is 12.8 Å². The summed E-state index contributed by atoms with van der Waals surface area (Å²) in [7, 11) is 5.79. The summed E-state index contributed by atoms with van der Waals surface area (Å²) < 4.78 is 5.65. The Balaban J connectivity index is 2.45. The van der Waals surface area contributed by atoms with Crippen molar-refractivity contribution >= 4 is 11.7 Å². The molecule has 0 aliphatic rings. The van der Waals surface area contributed by atoms with Gasteiger partial charge < -0.3 is 15.0 Å². The predicted molar refractivity (Wildman–Crippen MR) is 111 cm³/mol. The highest BCUT2D eigenvalue weighted by molar-refractivity contribution is 5.94. The first-order valence-corrected chi connectivity index (χ1v) is 9.29. The zero-order chi connectivity index (χ0) is 20.2. The molecule has 2 rings (SSSR count). The minimum Gasteiger partial charge on any atom is -0.496 e. The van der Waals surface area contributed by atoms with E-state index in [2.05, 4.69) is 48.4 Å². The summed E-state index contributed by atoms with van der Waals surface area (Å²) in [6, 6.07) is 9.89. The fourth-order valence-electron chi connectivity index (χ4n) is 2.81. The molecule has 146 valence electrons. The monoisotopic (exact) mass is 369 g/mol. The maximum Gasteiger partial charge on any atom is 0.230 e. The van der Waals surface area contributed by atoms with Crippen molar-refractivity contribution in [2.24, 2.45) is 5.41 Å². The first kappa shape index (κ1) is 20.9. The van der Waals surface area contributed by atoms with Crippen LogP contribution in [0.3, 0.4) is 0 Å². The first-order chi connectivity index (χ1) is 12.7. The quantitative estimate of drug-likeness (QED) is 0.822. The molecule has 5 heteroatoms. The van der Waals surface area contributed by atoms with E-state index in [0.29, 0.717) is 5.82 Å². The number of ether oxygens (including phenoxy) is 1. The topological polar surface area (TPSA) is 54.5 Å². The van der Waals surface area contributed by atoms with Crippen molar-refractivity contribution in [1.82, 2.24) is 9.88 Å². The van der Waals surface area contributed by atoms with E-state index >= 15 is 0 Å². The Kier molecular flexibility index (Phi) is 6.60. The maximum atomic E-state index is 12.3. The van der Waals surface area contributed by atoms with Crippen LogP contribution >= 0.6 is 0 Å². The normalized spacial score (nSPS) is 11.6. The number of carbonyl (C=O) groups is 1. The summed E-state index contributed by atoms with van der Waals surface area (Å²) in [5.41, 5.74) is 3.76. The standard InChI is InChI=1S/C22H31N3O2/c1-8-15-12-17(19(27-7)13-16(15)14-25(5)6)18-10-9-11-20(23-18)24-21(26)22(2,3)4/h9-13H,8,14H2,1-7H3,(H,23,24,26). The van der Waals surface area contributed by atoms with Crippen LogP contribution in [0.25, 0.3) is 11.3 Å². The van der Waals surface area contributed by atoms with Crippen LogP contribution in [0, 0.1) is 5.41 Å².